The van der Waals surface area contributed by atoms with Gasteiger partial charge in [-0.25, -0.2) is 0 Å². The molecule has 0 fully saturated rings. The molecule has 0 bridgehead atoms. The van der Waals surface area contributed by atoms with Crippen molar-refractivity contribution in [3.8, 4) is 0 Å². The van der Waals surface area contributed by atoms with Crippen LogP contribution in [-0.2, 0) is 10.4 Å². The number of hydrogen-bond donors (Lipinski definition) is 0. The monoisotopic (exact) mass is 190 g/mol. The summed E-state index contributed by atoms with van der Waals surface area (Å²) in [5.41, 5.74) is 0. The minimum absolute atomic E-state index is 0. The molecule has 0 N–H and O–H groups in total. The molecule has 0 aromatic rings. The van der Waals surface area contributed by atoms with Crippen LogP contribution < -0.4 is 103 Å². The molecular weight excluding hydrogens is 188 g/mol. The molecule has 9 heavy (non-hydrogen) atoms. The van der Waals surface area contributed by atoms with Gasteiger partial charge in [-0.1, -0.05) is 0 Å². The second-order valence-corrected chi connectivity index (χ2v) is 1.22. The van der Waals surface area contributed by atoms with Crippen LogP contribution in [-0.4, -0.2) is 55.2 Å². The Bertz CT molecular complexity index is 99.7. The first-order chi connectivity index (χ1) is 2.00. The summed E-state index contributed by atoms with van der Waals surface area (Å²) in [7, 11) is -5.17. The molecular formula is H2K2Li2O4S. The standard InChI is InChI=1S/2K.2Li.H2O4S.2H/c;;;;1-5(2,3)4;;/h;;;;(H2,1,2,3,4);;/q2*+1;;;;;/p-2. The second-order valence-electron chi connectivity index (χ2n) is 0.408. The van der Waals surface area contributed by atoms with Crippen LogP contribution >= 0.6 is 0 Å². The predicted molar refractivity (Wildman–Crippen MR) is 24.8 cm³/mol. The fourth-order valence-electron chi connectivity index (χ4n) is 0. The van der Waals surface area contributed by atoms with E-state index in [0.717, 1.165) is 0 Å². The molecule has 0 aliphatic rings. The van der Waals surface area contributed by atoms with E-state index in [4.69, 9.17) is 17.5 Å². The third-order valence-corrected chi connectivity index (χ3v) is 0. The van der Waals surface area contributed by atoms with Crippen LogP contribution in [0.25, 0.3) is 0 Å². The summed E-state index contributed by atoms with van der Waals surface area (Å²) >= 11 is 0. The van der Waals surface area contributed by atoms with Gasteiger partial charge in [-0.3, -0.25) is 8.42 Å². The molecule has 0 amide bonds. The Hall–Kier alpha value is 4.34. The molecule has 0 heterocycles. The van der Waals surface area contributed by atoms with E-state index in [1.54, 1.807) is 0 Å². The molecule has 0 spiro atoms. The molecule has 0 rings (SSSR count). The maximum absolute atomic E-state index is 8.52. The van der Waals surface area contributed by atoms with Crippen molar-refractivity contribution in [3.63, 3.8) is 0 Å². The van der Waals surface area contributed by atoms with Gasteiger partial charge in [0.05, 0.1) is 0 Å². The van der Waals surface area contributed by atoms with Gasteiger partial charge < -0.3 is 9.11 Å². The van der Waals surface area contributed by atoms with E-state index >= 15 is 0 Å². The molecule has 9 heteroatoms. The number of rotatable bonds is 0. The third-order valence-electron chi connectivity index (χ3n) is 0. The summed E-state index contributed by atoms with van der Waals surface area (Å²) in [6.45, 7) is 0. The van der Waals surface area contributed by atoms with Crippen LogP contribution in [0.3, 0.4) is 0 Å². The fraction of sp³-hybridized carbons (Fsp3) is 0. The van der Waals surface area contributed by atoms with Crippen LogP contribution in [0.5, 0.6) is 0 Å². The second kappa shape index (κ2) is 14.8. The average molecular weight is 190 g/mol. The van der Waals surface area contributed by atoms with Gasteiger partial charge in [-0.15, -0.1) is 0 Å². The molecule has 0 aliphatic heterocycles. The SMILES string of the molecule is O=S(=O)([O-])[O-].[K+].[K+].[LiH].[LiH]. The Morgan fingerprint density at radius 1 is 0.889 bits per heavy atom. The van der Waals surface area contributed by atoms with Gasteiger partial charge in [0.2, 0.25) is 0 Å². The quantitative estimate of drug-likeness (QED) is 0.216. The van der Waals surface area contributed by atoms with Gasteiger partial charge in [0.25, 0.3) is 0 Å². The maximum atomic E-state index is 8.52. The number of hydrogen-bond acceptors (Lipinski definition) is 4. The topological polar surface area (TPSA) is 80.3 Å². The summed E-state index contributed by atoms with van der Waals surface area (Å²) in [5, 5.41) is 0. The van der Waals surface area contributed by atoms with Gasteiger partial charge in [-0.2, -0.15) is 0 Å². The zero-order valence-electron chi connectivity index (χ0n) is 4.04. The average Bonchev–Trinajstić information content (AvgIpc) is 0.722. The zero-order chi connectivity index (χ0) is 4.50. The summed E-state index contributed by atoms with van der Waals surface area (Å²) in [6, 6.07) is 0. The Balaban J connectivity index is -0.0000000133. The van der Waals surface area contributed by atoms with Crippen molar-refractivity contribution in [1.82, 2.24) is 0 Å². The molecule has 36 valence electrons. The van der Waals surface area contributed by atoms with Gasteiger partial charge >= 0.3 is 140 Å². The van der Waals surface area contributed by atoms with E-state index in [2.05, 4.69) is 0 Å². The first-order valence-electron chi connectivity index (χ1n) is 0.667. The van der Waals surface area contributed by atoms with E-state index in [0.29, 0.717) is 0 Å². The predicted octanol–water partition coefficient (Wildman–Crippen LogP) is -8.63. The van der Waals surface area contributed by atoms with Gasteiger partial charge in [0.15, 0.2) is 0 Å². The van der Waals surface area contributed by atoms with Crippen LogP contribution in [0.15, 0.2) is 0 Å². The molecule has 0 radical (unpaired) electrons. The molecule has 0 aromatic heterocycles. The van der Waals surface area contributed by atoms with Crippen molar-refractivity contribution in [2.45, 2.75) is 0 Å². The summed E-state index contributed by atoms with van der Waals surface area (Å²) in [5.74, 6) is 0. The van der Waals surface area contributed by atoms with E-state index in [1.807, 2.05) is 0 Å². The Morgan fingerprint density at radius 3 is 0.889 bits per heavy atom. The van der Waals surface area contributed by atoms with Gasteiger partial charge in [0, 0.05) is 10.4 Å². The van der Waals surface area contributed by atoms with Crippen LogP contribution in [0.1, 0.15) is 0 Å². The minimum atomic E-state index is -5.17. The van der Waals surface area contributed by atoms with Crippen LogP contribution in [0.2, 0.25) is 0 Å². The van der Waals surface area contributed by atoms with Crippen molar-refractivity contribution in [2.75, 3.05) is 0 Å². The third kappa shape index (κ3) is 70.1. The van der Waals surface area contributed by atoms with Crippen molar-refractivity contribution in [2.24, 2.45) is 0 Å². The molecule has 0 aliphatic carbocycles. The summed E-state index contributed by atoms with van der Waals surface area (Å²) in [4.78, 5) is 0. The molecule has 0 saturated carbocycles. The summed E-state index contributed by atoms with van der Waals surface area (Å²) < 4.78 is 34.1. The summed E-state index contributed by atoms with van der Waals surface area (Å²) in [6.07, 6.45) is 0. The van der Waals surface area contributed by atoms with E-state index in [9.17, 15) is 0 Å². The normalized spacial score (nSPS) is 6.44. The fourth-order valence-corrected chi connectivity index (χ4v) is 0. The van der Waals surface area contributed by atoms with E-state index < -0.39 is 10.4 Å². The molecule has 0 atom stereocenters. The van der Waals surface area contributed by atoms with Crippen molar-refractivity contribution in [3.05, 3.63) is 0 Å². The Morgan fingerprint density at radius 2 is 0.889 bits per heavy atom. The molecule has 4 nitrogen and oxygen atoms in total. The van der Waals surface area contributed by atoms with E-state index in [-0.39, 0.29) is 140 Å². The first-order valence-corrected chi connectivity index (χ1v) is 2.00. The zero-order valence-corrected chi connectivity index (χ0v) is 11.1. The Kier molecular flexibility index (Phi) is 48.2. The molecule has 0 saturated heterocycles. The van der Waals surface area contributed by atoms with E-state index in [1.165, 1.54) is 0 Å². The molecule has 0 unspecified atom stereocenters. The Labute approximate surface area is 163 Å². The van der Waals surface area contributed by atoms with Crippen LogP contribution in [0, 0.1) is 0 Å². The van der Waals surface area contributed by atoms with Crippen molar-refractivity contribution >= 4 is 48.1 Å². The first kappa shape index (κ1) is 29.2. The van der Waals surface area contributed by atoms with Crippen LogP contribution in [0.4, 0.5) is 0 Å². The molecule has 0 aromatic carbocycles. The van der Waals surface area contributed by atoms with Gasteiger partial charge in [-0.05, 0) is 0 Å². The van der Waals surface area contributed by atoms with Gasteiger partial charge in [0.1, 0.15) is 0 Å². The van der Waals surface area contributed by atoms with Crippen molar-refractivity contribution in [1.29, 1.82) is 0 Å². The van der Waals surface area contributed by atoms with Crippen molar-refractivity contribution < 1.29 is 120 Å².